The first kappa shape index (κ1) is 32.1. The van der Waals surface area contributed by atoms with Gasteiger partial charge >= 0.3 is 5.97 Å². The zero-order valence-corrected chi connectivity index (χ0v) is 29.0. The molecular weight excluding hydrogens is 577 g/mol. The molecular formula is C38H46O4Si2. The predicted octanol–water partition coefficient (Wildman–Crippen LogP) is 6.21. The highest BCUT2D eigenvalue weighted by Crippen LogP contribution is 2.41. The number of carbonyl (C=O) groups excluding carboxylic acids is 1. The number of esters is 1. The minimum absolute atomic E-state index is 0.194. The second-order valence-electron chi connectivity index (χ2n) is 13.9. The Labute approximate surface area is 265 Å². The third kappa shape index (κ3) is 6.27. The largest absolute Gasteiger partial charge is 0.463 e. The number of hydrogen-bond acceptors (Lipinski definition) is 4. The van der Waals surface area contributed by atoms with Crippen LogP contribution in [0.25, 0.3) is 0 Å². The van der Waals surface area contributed by atoms with E-state index in [1.54, 1.807) is 0 Å². The van der Waals surface area contributed by atoms with Crippen molar-refractivity contribution < 1.29 is 18.4 Å². The molecule has 6 heteroatoms. The lowest BCUT2D eigenvalue weighted by molar-refractivity contribution is -0.145. The van der Waals surface area contributed by atoms with Crippen molar-refractivity contribution in [1.82, 2.24) is 0 Å². The molecule has 0 saturated carbocycles. The molecule has 4 nitrogen and oxygen atoms in total. The van der Waals surface area contributed by atoms with Crippen LogP contribution in [0.5, 0.6) is 0 Å². The van der Waals surface area contributed by atoms with Gasteiger partial charge in [-0.3, -0.25) is 4.79 Å². The molecule has 2 unspecified atom stereocenters. The third-order valence-corrected chi connectivity index (χ3v) is 19.1. The summed E-state index contributed by atoms with van der Waals surface area (Å²) in [4.78, 5) is 13.2. The maximum absolute atomic E-state index is 13.2. The molecule has 0 aliphatic carbocycles. The van der Waals surface area contributed by atoms with E-state index in [1.165, 1.54) is 20.7 Å². The topological polar surface area (TPSA) is 44.8 Å². The maximum Gasteiger partial charge on any atom is 0.308 e. The molecule has 1 saturated heterocycles. The fourth-order valence-electron chi connectivity index (χ4n) is 6.93. The van der Waals surface area contributed by atoms with Gasteiger partial charge in [0.05, 0.1) is 18.6 Å². The van der Waals surface area contributed by atoms with Crippen molar-refractivity contribution in [2.24, 2.45) is 0 Å². The van der Waals surface area contributed by atoms with Crippen LogP contribution in [0.4, 0.5) is 0 Å². The normalized spacial score (nSPS) is 18.4. The second kappa shape index (κ2) is 13.0. The zero-order chi connectivity index (χ0) is 31.4. The highest BCUT2D eigenvalue weighted by molar-refractivity contribution is 7.00. The van der Waals surface area contributed by atoms with Gasteiger partial charge in [0.15, 0.2) is 0 Å². The SMILES string of the molecule is CC(C)(C)[Si](OC1COC(=O)CC(O[Si](c2ccccc2)(c2ccccc2)C(C)(C)C)C1)(c1ccccc1)c1ccccc1. The molecule has 2 atom stereocenters. The monoisotopic (exact) mass is 622 g/mol. The van der Waals surface area contributed by atoms with Gasteiger partial charge in [0.25, 0.3) is 16.6 Å². The number of cyclic esters (lactones) is 1. The minimum Gasteiger partial charge on any atom is -0.463 e. The standard InChI is InChI=1S/C38H46O4Si2/c1-37(2,3)43(32-19-11-7-12-20-32,33-21-13-8-14-22-33)41-30-27-31(29-40-36(39)28-30)42-44(38(4,5)6,34-23-15-9-16-24-34)35-25-17-10-18-26-35/h7-26,30-31H,27-29H2,1-6H3. The molecule has 44 heavy (non-hydrogen) atoms. The average Bonchev–Trinajstić information content (AvgIpc) is 3.19. The smallest absolute Gasteiger partial charge is 0.308 e. The third-order valence-electron chi connectivity index (χ3n) is 8.87. The molecule has 4 aromatic rings. The van der Waals surface area contributed by atoms with Gasteiger partial charge in [0, 0.05) is 6.42 Å². The minimum atomic E-state index is -2.89. The van der Waals surface area contributed by atoms with Gasteiger partial charge in [0.2, 0.25) is 0 Å². The van der Waals surface area contributed by atoms with Crippen LogP contribution in [0.15, 0.2) is 121 Å². The Hall–Kier alpha value is -3.30. The van der Waals surface area contributed by atoms with Crippen molar-refractivity contribution in [3.05, 3.63) is 121 Å². The van der Waals surface area contributed by atoms with Gasteiger partial charge in [-0.15, -0.1) is 0 Å². The Balaban J connectivity index is 1.59. The van der Waals surface area contributed by atoms with Crippen LogP contribution >= 0.6 is 0 Å². The lowest BCUT2D eigenvalue weighted by atomic mass is 10.1. The highest BCUT2D eigenvalue weighted by atomic mass is 28.4. The van der Waals surface area contributed by atoms with E-state index < -0.39 is 16.6 Å². The first-order valence-electron chi connectivity index (χ1n) is 15.7. The van der Waals surface area contributed by atoms with Crippen LogP contribution in [-0.2, 0) is 18.4 Å². The summed E-state index contributed by atoms with van der Waals surface area (Å²) in [6.07, 6.45) is 0.0849. The Morgan fingerprint density at radius 1 is 0.545 bits per heavy atom. The van der Waals surface area contributed by atoms with Gasteiger partial charge in [0.1, 0.15) is 6.61 Å². The van der Waals surface area contributed by atoms with Crippen molar-refractivity contribution in [3.8, 4) is 0 Å². The van der Waals surface area contributed by atoms with E-state index in [4.69, 9.17) is 13.6 Å². The number of ether oxygens (including phenoxy) is 1. The fraction of sp³-hybridized carbons (Fsp3) is 0.342. The number of hydrogen-bond donors (Lipinski definition) is 0. The molecule has 0 aromatic heterocycles. The summed E-state index contributed by atoms with van der Waals surface area (Å²) in [5.41, 5.74) is 0. The van der Waals surface area contributed by atoms with Crippen LogP contribution in [0.2, 0.25) is 10.1 Å². The van der Waals surface area contributed by atoms with E-state index in [0.29, 0.717) is 6.42 Å². The van der Waals surface area contributed by atoms with Gasteiger partial charge < -0.3 is 13.6 Å². The van der Waals surface area contributed by atoms with Crippen molar-refractivity contribution in [3.63, 3.8) is 0 Å². The van der Waals surface area contributed by atoms with Crippen molar-refractivity contribution in [1.29, 1.82) is 0 Å². The molecule has 1 aliphatic rings. The first-order valence-corrected chi connectivity index (χ1v) is 19.5. The van der Waals surface area contributed by atoms with Gasteiger partial charge in [-0.25, -0.2) is 0 Å². The highest BCUT2D eigenvalue weighted by Gasteiger charge is 2.54. The van der Waals surface area contributed by atoms with E-state index in [-0.39, 0.29) is 41.3 Å². The summed E-state index contributed by atoms with van der Waals surface area (Å²) in [6, 6.07) is 42.5. The quantitative estimate of drug-likeness (QED) is 0.173. The van der Waals surface area contributed by atoms with Crippen molar-refractivity contribution >= 4 is 43.4 Å². The molecule has 1 fully saturated rings. The van der Waals surface area contributed by atoms with E-state index in [1.807, 2.05) is 12.1 Å². The predicted molar refractivity (Wildman–Crippen MR) is 185 cm³/mol. The molecule has 0 bridgehead atoms. The second-order valence-corrected chi connectivity index (χ2v) is 22.4. The number of rotatable bonds is 8. The molecule has 0 amide bonds. The lowest BCUT2D eigenvalue weighted by Gasteiger charge is -2.46. The molecule has 5 rings (SSSR count). The number of carbonyl (C=O) groups is 1. The summed E-state index contributed by atoms with van der Waals surface area (Å²) in [5, 5.41) is 4.40. The Morgan fingerprint density at radius 2 is 0.864 bits per heavy atom. The summed E-state index contributed by atoms with van der Waals surface area (Å²) >= 11 is 0. The van der Waals surface area contributed by atoms with E-state index in [0.717, 1.165) is 0 Å². The summed E-state index contributed by atoms with van der Waals surface area (Å²) in [5.74, 6) is -0.235. The molecule has 0 spiro atoms. The van der Waals surface area contributed by atoms with E-state index in [2.05, 4.69) is 151 Å². The molecule has 0 radical (unpaired) electrons. The Bertz CT molecular complexity index is 1420. The van der Waals surface area contributed by atoms with Gasteiger partial charge in [-0.05, 0) is 30.8 Å². The van der Waals surface area contributed by atoms with Crippen LogP contribution in [0.1, 0.15) is 54.4 Å². The van der Waals surface area contributed by atoms with Gasteiger partial charge in [-0.2, -0.15) is 0 Å². The van der Waals surface area contributed by atoms with Gasteiger partial charge in [-0.1, -0.05) is 163 Å². The molecule has 230 valence electrons. The maximum atomic E-state index is 13.2. The van der Waals surface area contributed by atoms with Crippen LogP contribution < -0.4 is 20.7 Å². The van der Waals surface area contributed by atoms with Crippen molar-refractivity contribution in [2.75, 3.05) is 6.61 Å². The summed E-state index contributed by atoms with van der Waals surface area (Å²) < 4.78 is 20.8. The summed E-state index contributed by atoms with van der Waals surface area (Å²) in [6.45, 7) is 13.8. The Kier molecular flexibility index (Phi) is 9.47. The van der Waals surface area contributed by atoms with Crippen LogP contribution in [0.3, 0.4) is 0 Å². The fourth-order valence-corrected chi connectivity index (χ4v) is 16.3. The van der Waals surface area contributed by atoms with Crippen molar-refractivity contribution in [2.45, 2.75) is 76.7 Å². The van der Waals surface area contributed by atoms with Crippen LogP contribution in [0, 0.1) is 0 Å². The van der Waals surface area contributed by atoms with E-state index in [9.17, 15) is 4.79 Å². The molecule has 1 aliphatic heterocycles. The van der Waals surface area contributed by atoms with E-state index >= 15 is 0 Å². The molecule has 0 N–H and O–H groups in total. The molecule has 1 heterocycles. The molecule has 4 aromatic carbocycles. The summed E-state index contributed by atoms with van der Waals surface area (Å²) in [7, 11) is -5.76. The lowest BCUT2D eigenvalue weighted by Crippen LogP contribution is -2.69. The average molecular weight is 623 g/mol. The Morgan fingerprint density at radius 3 is 1.18 bits per heavy atom. The zero-order valence-electron chi connectivity index (χ0n) is 27.0. The van der Waals surface area contributed by atoms with Crippen LogP contribution in [-0.4, -0.2) is 41.4 Å². The number of benzene rings is 4. The first-order chi connectivity index (χ1) is 21.0.